The molecule has 0 atom stereocenters. The minimum absolute atomic E-state index is 0.749. The van der Waals surface area contributed by atoms with E-state index in [-0.39, 0.29) is 0 Å². The van der Waals surface area contributed by atoms with Crippen LogP contribution in [-0.4, -0.2) is 44.1 Å². The molecule has 0 aliphatic carbocycles. The molecule has 2 rings (SSSR count). The zero-order valence-corrected chi connectivity index (χ0v) is 13.3. The van der Waals surface area contributed by atoms with Gasteiger partial charge in [-0.1, -0.05) is 23.5 Å². The van der Waals surface area contributed by atoms with E-state index in [9.17, 15) is 0 Å². The summed E-state index contributed by atoms with van der Waals surface area (Å²) >= 11 is 1.64. The first-order valence-electron chi connectivity index (χ1n) is 7.00. The second-order valence-corrected chi connectivity index (χ2v) is 5.64. The van der Waals surface area contributed by atoms with Gasteiger partial charge in [0.1, 0.15) is 15.8 Å². The lowest BCUT2D eigenvalue weighted by Crippen LogP contribution is -2.20. The van der Waals surface area contributed by atoms with Crippen molar-refractivity contribution in [2.75, 3.05) is 33.9 Å². The summed E-state index contributed by atoms with van der Waals surface area (Å²) < 4.78 is 10.2. The molecule has 0 aliphatic rings. The van der Waals surface area contributed by atoms with Gasteiger partial charge in [0.05, 0.1) is 13.7 Å². The van der Waals surface area contributed by atoms with Gasteiger partial charge in [-0.05, 0) is 25.1 Å². The molecule has 1 N–H and O–H groups in total. The monoisotopic (exact) mass is 307 g/mol. The van der Waals surface area contributed by atoms with Gasteiger partial charge in [-0.15, -0.1) is 10.2 Å². The summed E-state index contributed by atoms with van der Waals surface area (Å²) in [6.45, 7) is 2.61. The number of methoxy groups -OCH3 is 2. The summed E-state index contributed by atoms with van der Waals surface area (Å²) in [6, 6.07) is 7.90. The zero-order valence-electron chi connectivity index (χ0n) is 12.5. The van der Waals surface area contributed by atoms with Crippen molar-refractivity contribution in [1.82, 2.24) is 15.5 Å². The van der Waals surface area contributed by atoms with Crippen LogP contribution in [0.4, 0.5) is 0 Å². The number of rotatable bonds is 9. The highest BCUT2D eigenvalue weighted by Crippen LogP contribution is 2.26. The first kappa shape index (κ1) is 15.9. The Morgan fingerprint density at radius 1 is 1.19 bits per heavy atom. The minimum Gasteiger partial charge on any atom is -0.497 e. The van der Waals surface area contributed by atoms with Crippen LogP contribution in [0.2, 0.25) is 0 Å². The summed E-state index contributed by atoms with van der Waals surface area (Å²) in [7, 11) is 3.38. The molecule has 5 nitrogen and oxygen atoms in total. The number of hydrogen-bond donors (Lipinski definition) is 1. The van der Waals surface area contributed by atoms with Crippen LogP contribution in [0.3, 0.4) is 0 Å². The largest absolute Gasteiger partial charge is 0.497 e. The number of ether oxygens (including phenoxy) is 2. The van der Waals surface area contributed by atoms with E-state index in [1.807, 2.05) is 24.3 Å². The van der Waals surface area contributed by atoms with Crippen LogP contribution in [-0.2, 0) is 11.2 Å². The molecule has 1 heterocycles. The van der Waals surface area contributed by atoms with E-state index in [1.165, 1.54) is 0 Å². The van der Waals surface area contributed by atoms with Gasteiger partial charge in [0.25, 0.3) is 0 Å². The second-order valence-electron chi connectivity index (χ2n) is 4.58. The molecule has 0 fully saturated rings. The van der Waals surface area contributed by atoms with Crippen LogP contribution in [0.15, 0.2) is 24.3 Å². The van der Waals surface area contributed by atoms with Crippen LogP contribution in [0, 0.1) is 0 Å². The summed E-state index contributed by atoms with van der Waals surface area (Å²) in [5, 5.41) is 13.9. The normalized spacial score (nSPS) is 10.8. The summed E-state index contributed by atoms with van der Waals surface area (Å²) in [6.07, 6.45) is 2.00. The topological polar surface area (TPSA) is 56.3 Å². The van der Waals surface area contributed by atoms with Gasteiger partial charge >= 0.3 is 0 Å². The smallest absolute Gasteiger partial charge is 0.147 e. The molecule has 2 aromatic rings. The average Bonchev–Trinajstić information content (AvgIpc) is 3.00. The van der Waals surface area contributed by atoms with Crippen LogP contribution in [0.25, 0.3) is 10.6 Å². The fourth-order valence-corrected chi connectivity index (χ4v) is 2.77. The Bertz CT molecular complexity index is 545. The van der Waals surface area contributed by atoms with Crippen molar-refractivity contribution < 1.29 is 9.47 Å². The predicted octanol–water partition coefficient (Wildman–Crippen LogP) is 2.38. The highest BCUT2D eigenvalue weighted by Gasteiger charge is 2.07. The molecule has 0 aliphatic heterocycles. The Hall–Kier alpha value is -1.50. The van der Waals surface area contributed by atoms with Crippen molar-refractivity contribution in [1.29, 1.82) is 0 Å². The highest BCUT2D eigenvalue weighted by molar-refractivity contribution is 7.14. The summed E-state index contributed by atoms with van der Waals surface area (Å²) in [4.78, 5) is 0. The molecule has 1 aromatic heterocycles. The lowest BCUT2D eigenvalue weighted by atomic mass is 10.2. The third-order valence-electron chi connectivity index (χ3n) is 3.01. The van der Waals surface area contributed by atoms with Crippen molar-refractivity contribution in [2.45, 2.75) is 12.8 Å². The summed E-state index contributed by atoms with van der Waals surface area (Å²) in [5.74, 6) is 0.839. The number of aryl methyl sites for hydroxylation is 1. The van der Waals surface area contributed by atoms with E-state index in [4.69, 9.17) is 9.47 Å². The number of hydrogen-bond acceptors (Lipinski definition) is 6. The van der Waals surface area contributed by atoms with Gasteiger partial charge in [-0.25, -0.2) is 0 Å². The summed E-state index contributed by atoms with van der Waals surface area (Å²) in [5.41, 5.74) is 1.05. The van der Waals surface area contributed by atoms with Crippen LogP contribution in [0.1, 0.15) is 11.4 Å². The molecule has 0 saturated carbocycles. The van der Waals surface area contributed by atoms with Crippen molar-refractivity contribution in [3.05, 3.63) is 29.3 Å². The van der Waals surface area contributed by atoms with Gasteiger partial charge in [-0.2, -0.15) is 0 Å². The van der Waals surface area contributed by atoms with Gasteiger partial charge in [-0.3, -0.25) is 0 Å². The molecule has 0 saturated heterocycles. The fraction of sp³-hybridized carbons (Fsp3) is 0.467. The lowest BCUT2D eigenvalue weighted by Gasteiger charge is -2.02. The SMILES string of the molecule is COCCNCCCc1nnc(-c2cccc(OC)c2)s1. The molecule has 0 radical (unpaired) electrons. The standard InChI is InChI=1S/C15H21N3O2S/c1-19-10-9-16-8-4-7-14-17-18-15(21-14)12-5-3-6-13(11-12)20-2/h3,5-6,11,16H,4,7-10H2,1-2H3. The Labute approximate surface area is 129 Å². The Kier molecular flexibility index (Phi) is 6.59. The van der Waals surface area contributed by atoms with Crippen molar-refractivity contribution in [3.8, 4) is 16.3 Å². The molecular weight excluding hydrogens is 286 g/mol. The molecule has 0 spiro atoms. The Balaban J connectivity index is 1.83. The maximum atomic E-state index is 5.23. The van der Waals surface area contributed by atoms with Gasteiger partial charge in [0, 0.05) is 25.6 Å². The highest BCUT2D eigenvalue weighted by atomic mass is 32.1. The van der Waals surface area contributed by atoms with Crippen molar-refractivity contribution in [3.63, 3.8) is 0 Å². The molecular formula is C15H21N3O2S. The van der Waals surface area contributed by atoms with Crippen molar-refractivity contribution >= 4 is 11.3 Å². The zero-order chi connectivity index (χ0) is 14.9. The number of benzene rings is 1. The molecule has 114 valence electrons. The van der Waals surface area contributed by atoms with Crippen LogP contribution >= 0.6 is 11.3 Å². The van der Waals surface area contributed by atoms with E-state index in [0.29, 0.717) is 0 Å². The average molecular weight is 307 g/mol. The Morgan fingerprint density at radius 3 is 2.90 bits per heavy atom. The third-order valence-corrected chi connectivity index (χ3v) is 4.04. The van der Waals surface area contributed by atoms with Crippen molar-refractivity contribution in [2.24, 2.45) is 0 Å². The van der Waals surface area contributed by atoms with Gasteiger partial charge < -0.3 is 14.8 Å². The molecule has 21 heavy (non-hydrogen) atoms. The predicted molar refractivity (Wildman–Crippen MR) is 85.0 cm³/mol. The molecule has 0 amide bonds. The second kappa shape index (κ2) is 8.71. The van der Waals surface area contributed by atoms with Crippen LogP contribution in [0.5, 0.6) is 5.75 Å². The number of nitrogens with one attached hydrogen (secondary N) is 1. The number of aromatic nitrogens is 2. The van der Waals surface area contributed by atoms with E-state index in [1.54, 1.807) is 25.6 Å². The van der Waals surface area contributed by atoms with Crippen LogP contribution < -0.4 is 10.1 Å². The van der Waals surface area contributed by atoms with Gasteiger partial charge in [0.2, 0.25) is 0 Å². The molecule has 1 aromatic carbocycles. The maximum Gasteiger partial charge on any atom is 0.147 e. The Morgan fingerprint density at radius 2 is 2.10 bits per heavy atom. The van der Waals surface area contributed by atoms with E-state index < -0.39 is 0 Å². The van der Waals surface area contributed by atoms with Gasteiger partial charge in [0.15, 0.2) is 0 Å². The first-order chi connectivity index (χ1) is 10.3. The number of nitrogens with zero attached hydrogens (tertiary/aromatic N) is 2. The maximum absolute atomic E-state index is 5.23. The quantitative estimate of drug-likeness (QED) is 0.721. The van der Waals surface area contributed by atoms with E-state index in [0.717, 1.165) is 53.9 Å². The minimum atomic E-state index is 0.749. The van der Waals surface area contributed by atoms with E-state index >= 15 is 0 Å². The fourth-order valence-electron chi connectivity index (χ4n) is 1.89. The third kappa shape index (κ3) is 5.08. The lowest BCUT2D eigenvalue weighted by molar-refractivity contribution is 0.199. The van der Waals surface area contributed by atoms with E-state index in [2.05, 4.69) is 15.5 Å². The molecule has 0 bridgehead atoms. The molecule has 0 unspecified atom stereocenters. The molecule has 6 heteroatoms. The first-order valence-corrected chi connectivity index (χ1v) is 7.81.